The second-order valence-corrected chi connectivity index (χ2v) is 6.44. The molecule has 0 fully saturated rings. The second kappa shape index (κ2) is 7.22. The van der Waals surface area contributed by atoms with Gasteiger partial charge < -0.3 is 0 Å². The van der Waals surface area contributed by atoms with E-state index in [1.807, 2.05) is 37.3 Å². The Morgan fingerprint density at radius 2 is 2.05 bits per heavy atom. The standard InChI is InChI=1S/C15H16BrFN2S/c1-10-6-11(8-12(17)7-10)14(19-18)9-20-15-5-3-2-4-13(15)16/h2-8,14,19H,9,18H2,1H3. The molecule has 0 aliphatic carbocycles. The fourth-order valence-electron chi connectivity index (χ4n) is 1.94. The summed E-state index contributed by atoms with van der Waals surface area (Å²) >= 11 is 5.19. The Hall–Kier alpha value is -0.880. The van der Waals surface area contributed by atoms with Crippen LogP contribution in [0.25, 0.3) is 0 Å². The molecule has 1 atom stereocenters. The molecule has 0 amide bonds. The topological polar surface area (TPSA) is 38.0 Å². The summed E-state index contributed by atoms with van der Waals surface area (Å²) < 4.78 is 14.5. The molecule has 20 heavy (non-hydrogen) atoms. The monoisotopic (exact) mass is 354 g/mol. The maximum atomic E-state index is 13.5. The quantitative estimate of drug-likeness (QED) is 0.480. The number of hydrogen-bond donors (Lipinski definition) is 2. The molecule has 0 aliphatic heterocycles. The molecule has 0 aromatic heterocycles. The van der Waals surface area contributed by atoms with Gasteiger partial charge in [0.2, 0.25) is 0 Å². The molecule has 5 heteroatoms. The van der Waals surface area contributed by atoms with Crippen LogP contribution in [0.4, 0.5) is 4.39 Å². The van der Waals surface area contributed by atoms with E-state index in [1.165, 1.54) is 12.1 Å². The van der Waals surface area contributed by atoms with Crippen molar-refractivity contribution in [3.63, 3.8) is 0 Å². The fourth-order valence-corrected chi connectivity index (χ4v) is 3.59. The second-order valence-electron chi connectivity index (χ2n) is 4.52. The van der Waals surface area contributed by atoms with Gasteiger partial charge in [0.15, 0.2) is 0 Å². The van der Waals surface area contributed by atoms with Crippen LogP contribution in [-0.4, -0.2) is 5.75 Å². The highest BCUT2D eigenvalue weighted by Crippen LogP contribution is 2.30. The first-order chi connectivity index (χ1) is 9.60. The minimum Gasteiger partial charge on any atom is -0.271 e. The Labute approximate surface area is 131 Å². The van der Waals surface area contributed by atoms with Crippen molar-refractivity contribution < 1.29 is 4.39 Å². The lowest BCUT2D eigenvalue weighted by Gasteiger charge is -2.17. The average molecular weight is 355 g/mol. The number of aryl methyl sites for hydroxylation is 1. The Morgan fingerprint density at radius 1 is 1.30 bits per heavy atom. The summed E-state index contributed by atoms with van der Waals surface area (Å²) in [6.07, 6.45) is 0. The highest BCUT2D eigenvalue weighted by molar-refractivity contribution is 9.10. The van der Waals surface area contributed by atoms with Gasteiger partial charge in [0.1, 0.15) is 5.82 Å². The van der Waals surface area contributed by atoms with Crippen molar-refractivity contribution in [3.8, 4) is 0 Å². The zero-order valence-electron chi connectivity index (χ0n) is 11.1. The molecule has 0 saturated heterocycles. The van der Waals surface area contributed by atoms with Gasteiger partial charge in [-0.2, -0.15) is 0 Å². The molecule has 0 bridgehead atoms. The normalized spacial score (nSPS) is 12.4. The van der Waals surface area contributed by atoms with Crippen LogP contribution in [0.3, 0.4) is 0 Å². The summed E-state index contributed by atoms with van der Waals surface area (Å²) in [5.41, 5.74) is 4.52. The molecule has 0 saturated carbocycles. The summed E-state index contributed by atoms with van der Waals surface area (Å²) in [4.78, 5) is 1.14. The number of hydrazine groups is 1. The van der Waals surface area contributed by atoms with E-state index in [-0.39, 0.29) is 11.9 Å². The van der Waals surface area contributed by atoms with Crippen molar-refractivity contribution in [2.24, 2.45) is 5.84 Å². The number of hydrogen-bond acceptors (Lipinski definition) is 3. The molecule has 2 aromatic carbocycles. The molecule has 106 valence electrons. The zero-order chi connectivity index (χ0) is 14.5. The maximum absolute atomic E-state index is 13.5. The lowest BCUT2D eigenvalue weighted by Crippen LogP contribution is -2.29. The predicted molar refractivity (Wildman–Crippen MR) is 86.1 cm³/mol. The van der Waals surface area contributed by atoms with Crippen LogP contribution < -0.4 is 11.3 Å². The van der Waals surface area contributed by atoms with E-state index in [0.29, 0.717) is 0 Å². The van der Waals surface area contributed by atoms with Crippen LogP contribution in [-0.2, 0) is 0 Å². The number of nitrogens with two attached hydrogens (primary N) is 1. The third-order valence-electron chi connectivity index (χ3n) is 2.91. The van der Waals surface area contributed by atoms with E-state index in [4.69, 9.17) is 5.84 Å². The molecular weight excluding hydrogens is 339 g/mol. The Balaban J connectivity index is 2.11. The van der Waals surface area contributed by atoms with Crippen molar-refractivity contribution in [1.29, 1.82) is 0 Å². The van der Waals surface area contributed by atoms with Gasteiger partial charge in [-0.1, -0.05) is 18.2 Å². The van der Waals surface area contributed by atoms with E-state index in [0.717, 1.165) is 26.2 Å². The van der Waals surface area contributed by atoms with Gasteiger partial charge in [-0.3, -0.25) is 11.3 Å². The van der Waals surface area contributed by atoms with Crippen LogP contribution in [0.5, 0.6) is 0 Å². The lowest BCUT2D eigenvalue weighted by atomic mass is 10.1. The summed E-state index contributed by atoms with van der Waals surface area (Å²) in [5, 5.41) is 0. The fraction of sp³-hybridized carbons (Fsp3) is 0.200. The first kappa shape index (κ1) is 15.5. The van der Waals surface area contributed by atoms with Crippen molar-refractivity contribution in [1.82, 2.24) is 5.43 Å². The van der Waals surface area contributed by atoms with Crippen molar-refractivity contribution in [2.45, 2.75) is 17.9 Å². The minimum atomic E-state index is -0.230. The first-order valence-corrected chi connectivity index (χ1v) is 7.98. The van der Waals surface area contributed by atoms with Crippen molar-refractivity contribution in [2.75, 3.05) is 5.75 Å². The molecule has 0 radical (unpaired) electrons. The third-order valence-corrected chi connectivity index (χ3v) is 5.03. The third kappa shape index (κ3) is 4.06. The van der Waals surface area contributed by atoms with E-state index in [9.17, 15) is 4.39 Å². The Kier molecular flexibility index (Phi) is 5.60. The molecule has 0 heterocycles. The molecular formula is C15H16BrFN2S. The van der Waals surface area contributed by atoms with Crippen LogP contribution in [0.15, 0.2) is 51.8 Å². The minimum absolute atomic E-state index is 0.0958. The molecule has 2 aromatic rings. The molecule has 2 rings (SSSR count). The highest BCUT2D eigenvalue weighted by Gasteiger charge is 2.12. The number of rotatable bonds is 5. The molecule has 2 nitrogen and oxygen atoms in total. The van der Waals surface area contributed by atoms with Gasteiger partial charge in [-0.15, -0.1) is 11.8 Å². The largest absolute Gasteiger partial charge is 0.271 e. The van der Waals surface area contributed by atoms with Gasteiger partial charge in [0.25, 0.3) is 0 Å². The maximum Gasteiger partial charge on any atom is 0.123 e. The van der Waals surface area contributed by atoms with Crippen molar-refractivity contribution >= 4 is 27.7 Å². The summed E-state index contributed by atoms with van der Waals surface area (Å²) in [5.74, 6) is 6.10. The van der Waals surface area contributed by atoms with E-state index < -0.39 is 0 Å². The molecule has 3 N–H and O–H groups in total. The lowest BCUT2D eigenvalue weighted by molar-refractivity contribution is 0.590. The first-order valence-electron chi connectivity index (χ1n) is 6.20. The molecule has 0 aliphatic rings. The number of thioether (sulfide) groups is 1. The summed E-state index contributed by atoms with van der Waals surface area (Å²) in [6, 6.07) is 12.9. The van der Waals surface area contributed by atoms with E-state index >= 15 is 0 Å². The van der Waals surface area contributed by atoms with Crippen LogP contribution >= 0.6 is 27.7 Å². The zero-order valence-corrected chi connectivity index (χ0v) is 13.5. The Morgan fingerprint density at radius 3 is 2.70 bits per heavy atom. The van der Waals surface area contributed by atoms with Gasteiger partial charge in [0, 0.05) is 15.1 Å². The van der Waals surface area contributed by atoms with Crippen molar-refractivity contribution in [3.05, 3.63) is 63.9 Å². The number of benzene rings is 2. The molecule has 1 unspecified atom stereocenters. The predicted octanol–water partition coefficient (Wildman–Crippen LogP) is 4.19. The van der Waals surface area contributed by atoms with E-state index in [1.54, 1.807) is 11.8 Å². The Bertz CT molecular complexity index is 572. The highest BCUT2D eigenvalue weighted by atomic mass is 79.9. The SMILES string of the molecule is Cc1cc(F)cc(C(CSc2ccccc2Br)NN)c1. The summed E-state index contributed by atoms with van der Waals surface area (Å²) in [6.45, 7) is 1.88. The van der Waals surface area contributed by atoms with Crippen LogP contribution in [0.1, 0.15) is 17.2 Å². The summed E-state index contributed by atoms with van der Waals surface area (Å²) in [7, 11) is 0. The number of halogens is 2. The van der Waals surface area contributed by atoms with Gasteiger partial charge in [-0.05, 0) is 58.2 Å². The van der Waals surface area contributed by atoms with E-state index in [2.05, 4.69) is 21.4 Å². The molecule has 0 spiro atoms. The van der Waals surface area contributed by atoms with Gasteiger partial charge >= 0.3 is 0 Å². The van der Waals surface area contributed by atoms with Gasteiger partial charge in [-0.25, -0.2) is 4.39 Å². The number of nitrogens with one attached hydrogen (secondary N) is 1. The van der Waals surface area contributed by atoms with Gasteiger partial charge in [0.05, 0.1) is 6.04 Å². The average Bonchev–Trinajstić information content (AvgIpc) is 2.40. The smallest absolute Gasteiger partial charge is 0.123 e. The van der Waals surface area contributed by atoms with Crippen LogP contribution in [0, 0.1) is 12.7 Å². The van der Waals surface area contributed by atoms with Crippen LogP contribution in [0.2, 0.25) is 0 Å².